The lowest BCUT2D eigenvalue weighted by Crippen LogP contribution is -2.48. The molecule has 21 heavy (non-hydrogen) atoms. The van der Waals surface area contributed by atoms with Crippen molar-refractivity contribution in [1.29, 1.82) is 0 Å². The summed E-state index contributed by atoms with van der Waals surface area (Å²) >= 11 is 0. The molecular weight excluding hydrogens is 266 g/mol. The summed E-state index contributed by atoms with van der Waals surface area (Å²) in [4.78, 5) is 0. The van der Waals surface area contributed by atoms with Gasteiger partial charge in [0.05, 0.1) is 19.3 Å². The van der Waals surface area contributed by atoms with Crippen molar-refractivity contribution >= 4 is 0 Å². The Labute approximate surface area is 126 Å². The fraction of sp³-hybridized carbons (Fsp3) is 0.647. The van der Waals surface area contributed by atoms with E-state index in [9.17, 15) is 0 Å². The second kappa shape index (κ2) is 6.24. The van der Waals surface area contributed by atoms with E-state index >= 15 is 0 Å². The minimum atomic E-state index is 0.116. The molecule has 3 rings (SSSR count). The summed E-state index contributed by atoms with van der Waals surface area (Å²) in [6, 6.07) is 6.05. The van der Waals surface area contributed by atoms with Gasteiger partial charge < -0.3 is 19.5 Å². The topological polar surface area (TPSA) is 39.7 Å². The molecule has 1 spiro atoms. The van der Waals surface area contributed by atoms with Crippen molar-refractivity contribution < 1.29 is 14.2 Å². The van der Waals surface area contributed by atoms with Gasteiger partial charge in [0.2, 0.25) is 0 Å². The van der Waals surface area contributed by atoms with Crippen LogP contribution in [0.4, 0.5) is 0 Å². The maximum atomic E-state index is 6.31. The van der Waals surface area contributed by atoms with Crippen molar-refractivity contribution in [1.82, 2.24) is 5.32 Å². The van der Waals surface area contributed by atoms with Crippen molar-refractivity contribution in [3.63, 3.8) is 0 Å². The van der Waals surface area contributed by atoms with Crippen molar-refractivity contribution in [2.45, 2.75) is 50.4 Å². The molecule has 1 atom stereocenters. The Hall–Kier alpha value is -1.26. The van der Waals surface area contributed by atoms with Crippen LogP contribution in [-0.2, 0) is 11.3 Å². The first-order chi connectivity index (χ1) is 10.2. The molecule has 116 valence electrons. The van der Waals surface area contributed by atoms with Gasteiger partial charge in [0.25, 0.3) is 0 Å². The zero-order valence-corrected chi connectivity index (χ0v) is 13.0. The van der Waals surface area contributed by atoms with E-state index < -0.39 is 0 Å². The van der Waals surface area contributed by atoms with Crippen molar-refractivity contribution in [3.05, 3.63) is 23.8 Å². The van der Waals surface area contributed by atoms with Gasteiger partial charge >= 0.3 is 0 Å². The Kier molecular flexibility index (Phi) is 4.36. The number of hydrogen-bond acceptors (Lipinski definition) is 4. The Morgan fingerprint density at radius 3 is 2.90 bits per heavy atom. The maximum absolute atomic E-state index is 6.31. The fourth-order valence-corrected chi connectivity index (χ4v) is 3.29. The predicted molar refractivity (Wildman–Crippen MR) is 81.9 cm³/mol. The number of benzene rings is 1. The van der Waals surface area contributed by atoms with E-state index in [1.54, 1.807) is 7.11 Å². The third kappa shape index (κ3) is 3.16. The minimum absolute atomic E-state index is 0.116. The SMILES string of the molecule is CNCc1ccc(OC)cc1OC1CCOC2(CCC2)C1. The van der Waals surface area contributed by atoms with E-state index in [2.05, 4.69) is 11.4 Å². The second-order valence-corrected chi connectivity index (χ2v) is 6.12. The highest BCUT2D eigenvalue weighted by Crippen LogP contribution is 2.43. The maximum Gasteiger partial charge on any atom is 0.127 e. The van der Waals surface area contributed by atoms with Crippen molar-refractivity contribution in [2.75, 3.05) is 20.8 Å². The van der Waals surface area contributed by atoms with Crippen LogP contribution in [0.5, 0.6) is 11.5 Å². The molecule has 1 saturated heterocycles. The van der Waals surface area contributed by atoms with Crippen LogP contribution < -0.4 is 14.8 Å². The highest BCUT2D eigenvalue weighted by atomic mass is 16.5. The summed E-state index contributed by atoms with van der Waals surface area (Å²) in [5.41, 5.74) is 1.29. The van der Waals surface area contributed by atoms with Crippen LogP contribution >= 0.6 is 0 Å². The molecule has 1 unspecified atom stereocenters. The number of hydrogen-bond donors (Lipinski definition) is 1. The van der Waals surface area contributed by atoms with E-state index in [1.807, 2.05) is 19.2 Å². The standard InChI is InChI=1S/C17H25NO3/c1-18-12-13-4-5-14(19-2)10-16(13)21-15-6-9-20-17(11-15)7-3-8-17/h4-5,10,15,18H,3,6-9,11-12H2,1-2H3. The number of ether oxygens (including phenoxy) is 3. The van der Waals surface area contributed by atoms with Crippen LogP contribution in [0.25, 0.3) is 0 Å². The van der Waals surface area contributed by atoms with Gasteiger partial charge in [-0.25, -0.2) is 0 Å². The van der Waals surface area contributed by atoms with Gasteiger partial charge in [0.1, 0.15) is 17.6 Å². The molecule has 1 aliphatic heterocycles. The highest BCUT2D eigenvalue weighted by molar-refractivity contribution is 5.41. The Morgan fingerprint density at radius 1 is 1.38 bits per heavy atom. The summed E-state index contributed by atoms with van der Waals surface area (Å²) < 4.78 is 17.6. The number of nitrogens with one attached hydrogen (secondary N) is 1. The van der Waals surface area contributed by atoms with Gasteiger partial charge in [0.15, 0.2) is 0 Å². The lowest BCUT2D eigenvalue weighted by atomic mass is 9.74. The molecule has 1 heterocycles. The first-order valence-electron chi connectivity index (χ1n) is 7.87. The van der Waals surface area contributed by atoms with E-state index in [-0.39, 0.29) is 11.7 Å². The molecule has 1 N–H and O–H groups in total. The van der Waals surface area contributed by atoms with Crippen LogP contribution in [0.3, 0.4) is 0 Å². The van der Waals surface area contributed by atoms with Crippen LogP contribution in [0.2, 0.25) is 0 Å². The molecule has 0 amide bonds. The van der Waals surface area contributed by atoms with Crippen molar-refractivity contribution in [3.8, 4) is 11.5 Å². The molecule has 4 nitrogen and oxygen atoms in total. The monoisotopic (exact) mass is 291 g/mol. The van der Waals surface area contributed by atoms with Gasteiger partial charge in [-0.2, -0.15) is 0 Å². The quantitative estimate of drug-likeness (QED) is 0.905. The molecule has 0 radical (unpaired) electrons. The normalized spacial score (nSPS) is 23.6. The summed E-state index contributed by atoms with van der Waals surface area (Å²) in [5, 5.41) is 3.19. The largest absolute Gasteiger partial charge is 0.497 e. The fourth-order valence-electron chi connectivity index (χ4n) is 3.29. The highest BCUT2D eigenvalue weighted by Gasteiger charge is 2.43. The van der Waals surface area contributed by atoms with Gasteiger partial charge in [-0.05, 0) is 32.4 Å². The summed E-state index contributed by atoms with van der Waals surface area (Å²) in [6.45, 7) is 1.61. The van der Waals surface area contributed by atoms with Crippen LogP contribution in [0.15, 0.2) is 18.2 Å². The van der Waals surface area contributed by atoms with Crippen molar-refractivity contribution in [2.24, 2.45) is 0 Å². The summed E-state index contributed by atoms with van der Waals surface area (Å²) in [5.74, 6) is 1.78. The third-order valence-corrected chi connectivity index (χ3v) is 4.65. The smallest absolute Gasteiger partial charge is 0.127 e. The van der Waals surface area contributed by atoms with E-state index in [4.69, 9.17) is 14.2 Å². The number of methoxy groups -OCH3 is 1. The van der Waals surface area contributed by atoms with Crippen LogP contribution in [0.1, 0.15) is 37.7 Å². The Bertz CT molecular complexity index is 485. The third-order valence-electron chi connectivity index (χ3n) is 4.65. The predicted octanol–water partition coefficient (Wildman–Crippen LogP) is 2.90. The van der Waals surface area contributed by atoms with Gasteiger partial charge in [-0.1, -0.05) is 6.07 Å². The van der Waals surface area contributed by atoms with E-state index in [0.717, 1.165) is 37.5 Å². The first-order valence-corrected chi connectivity index (χ1v) is 7.87. The minimum Gasteiger partial charge on any atom is -0.497 e. The number of rotatable bonds is 5. The van der Waals surface area contributed by atoms with E-state index in [1.165, 1.54) is 24.8 Å². The average molecular weight is 291 g/mol. The van der Waals surface area contributed by atoms with E-state index in [0.29, 0.717) is 0 Å². The van der Waals surface area contributed by atoms with Gasteiger partial charge in [-0.3, -0.25) is 0 Å². The molecule has 4 heteroatoms. The molecule has 1 aliphatic carbocycles. The second-order valence-electron chi connectivity index (χ2n) is 6.12. The summed E-state index contributed by atoms with van der Waals surface area (Å²) in [6.07, 6.45) is 5.91. The molecule has 1 aromatic rings. The molecule has 1 saturated carbocycles. The Morgan fingerprint density at radius 2 is 2.24 bits per heavy atom. The molecule has 2 fully saturated rings. The molecular formula is C17H25NO3. The summed E-state index contributed by atoms with van der Waals surface area (Å²) in [7, 11) is 3.64. The zero-order chi connectivity index (χ0) is 14.7. The first kappa shape index (κ1) is 14.7. The lowest BCUT2D eigenvalue weighted by Gasteiger charge is -2.47. The Balaban J connectivity index is 1.73. The average Bonchev–Trinajstić information content (AvgIpc) is 2.48. The molecule has 0 bridgehead atoms. The molecule has 2 aliphatic rings. The lowest BCUT2D eigenvalue weighted by molar-refractivity contribution is -0.153. The van der Waals surface area contributed by atoms with Gasteiger partial charge in [0, 0.05) is 31.0 Å². The molecule has 0 aromatic heterocycles. The van der Waals surface area contributed by atoms with Gasteiger partial charge in [-0.15, -0.1) is 0 Å². The van der Waals surface area contributed by atoms with Crippen LogP contribution in [-0.4, -0.2) is 32.5 Å². The zero-order valence-electron chi connectivity index (χ0n) is 13.0. The molecule has 1 aromatic carbocycles. The van der Waals surface area contributed by atoms with Crippen LogP contribution in [0, 0.1) is 0 Å².